The fraction of sp³-hybridized carbons (Fsp3) is 0.533. The highest BCUT2D eigenvalue weighted by Crippen LogP contribution is 2.25. The first-order valence-corrected chi connectivity index (χ1v) is 6.98. The van der Waals surface area contributed by atoms with E-state index in [0.717, 1.165) is 43.1 Å². The Hall–Kier alpha value is -1.30. The van der Waals surface area contributed by atoms with Crippen molar-refractivity contribution in [2.24, 2.45) is 5.73 Å². The van der Waals surface area contributed by atoms with Gasteiger partial charge in [-0.2, -0.15) is 0 Å². The lowest BCUT2D eigenvalue weighted by Gasteiger charge is -2.24. The molecule has 0 spiro atoms. The van der Waals surface area contributed by atoms with Crippen LogP contribution in [0.5, 0.6) is 5.75 Å². The number of rotatable bonds is 4. The molecular formula is C15H23ClN2O3. The fourth-order valence-corrected chi connectivity index (χ4v) is 2.09. The summed E-state index contributed by atoms with van der Waals surface area (Å²) in [5.41, 5.74) is 7.27. The largest absolute Gasteiger partial charge is 0.490 e. The second kappa shape index (κ2) is 8.22. The van der Waals surface area contributed by atoms with Gasteiger partial charge in [0.2, 0.25) is 5.91 Å². The number of carbonyl (C=O) groups excluding carboxylic acids is 1. The lowest BCUT2D eigenvalue weighted by molar-refractivity contribution is -0.117. The first kappa shape index (κ1) is 17.8. The molecule has 0 bridgehead atoms. The maximum absolute atomic E-state index is 11.5. The summed E-state index contributed by atoms with van der Waals surface area (Å²) in [7, 11) is 0. The minimum atomic E-state index is -0.520. The van der Waals surface area contributed by atoms with Gasteiger partial charge < -0.3 is 20.5 Å². The SMILES string of the molecule is Cc1cc(NC(=O)[C@@H](C)N)ccc1OC1CCOCC1.Cl. The Morgan fingerprint density at radius 3 is 2.67 bits per heavy atom. The maximum atomic E-state index is 11.5. The van der Waals surface area contributed by atoms with Crippen molar-refractivity contribution in [2.45, 2.75) is 38.8 Å². The molecule has 1 atom stereocenters. The highest BCUT2D eigenvalue weighted by molar-refractivity contribution is 5.94. The smallest absolute Gasteiger partial charge is 0.240 e. The molecule has 118 valence electrons. The van der Waals surface area contributed by atoms with Gasteiger partial charge in [0.05, 0.1) is 19.3 Å². The van der Waals surface area contributed by atoms with Crippen LogP contribution in [-0.2, 0) is 9.53 Å². The summed E-state index contributed by atoms with van der Waals surface area (Å²) >= 11 is 0. The van der Waals surface area contributed by atoms with E-state index in [0.29, 0.717) is 0 Å². The fourth-order valence-electron chi connectivity index (χ4n) is 2.09. The van der Waals surface area contributed by atoms with Crippen LogP contribution in [-0.4, -0.2) is 31.3 Å². The molecule has 1 aliphatic rings. The number of ether oxygens (including phenoxy) is 2. The van der Waals surface area contributed by atoms with Gasteiger partial charge in [0.15, 0.2) is 0 Å². The maximum Gasteiger partial charge on any atom is 0.240 e. The lowest BCUT2D eigenvalue weighted by Crippen LogP contribution is -2.32. The van der Waals surface area contributed by atoms with Gasteiger partial charge in [-0.15, -0.1) is 12.4 Å². The highest BCUT2D eigenvalue weighted by Gasteiger charge is 2.16. The summed E-state index contributed by atoms with van der Waals surface area (Å²) in [5, 5.41) is 2.77. The summed E-state index contributed by atoms with van der Waals surface area (Å²) < 4.78 is 11.3. The van der Waals surface area contributed by atoms with E-state index in [1.54, 1.807) is 6.92 Å². The zero-order chi connectivity index (χ0) is 14.5. The second-order valence-electron chi connectivity index (χ2n) is 5.19. The Morgan fingerprint density at radius 1 is 1.43 bits per heavy atom. The zero-order valence-electron chi connectivity index (χ0n) is 12.4. The Bertz CT molecular complexity index is 474. The van der Waals surface area contributed by atoms with Gasteiger partial charge in [-0.1, -0.05) is 0 Å². The first-order valence-electron chi connectivity index (χ1n) is 6.98. The molecule has 0 aliphatic carbocycles. The average molecular weight is 315 g/mol. The van der Waals surface area contributed by atoms with Crippen molar-refractivity contribution in [3.8, 4) is 5.75 Å². The summed E-state index contributed by atoms with van der Waals surface area (Å²) in [5.74, 6) is 0.665. The van der Waals surface area contributed by atoms with Crippen LogP contribution in [0.2, 0.25) is 0 Å². The van der Waals surface area contributed by atoms with Crippen LogP contribution in [0.4, 0.5) is 5.69 Å². The molecule has 1 aromatic carbocycles. The third kappa shape index (κ3) is 5.19. The standard InChI is InChI=1S/C15H22N2O3.ClH/c1-10-9-12(17-15(18)11(2)16)3-4-14(10)20-13-5-7-19-8-6-13;/h3-4,9,11,13H,5-8,16H2,1-2H3,(H,17,18);1H/t11-;/m1./s1. The van der Waals surface area contributed by atoms with E-state index in [1.165, 1.54) is 0 Å². The number of carbonyl (C=O) groups is 1. The third-order valence-electron chi connectivity index (χ3n) is 3.32. The quantitative estimate of drug-likeness (QED) is 0.894. The molecule has 6 heteroatoms. The van der Waals surface area contributed by atoms with Crippen molar-refractivity contribution in [3.05, 3.63) is 23.8 Å². The number of halogens is 1. The summed E-state index contributed by atoms with van der Waals surface area (Å²) in [6, 6.07) is 5.10. The topological polar surface area (TPSA) is 73.6 Å². The molecule has 1 aromatic rings. The van der Waals surface area contributed by atoms with E-state index < -0.39 is 6.04 Å². The van der Waals surface area contributed by atoms with Crippen LogP contribution in [0.15, 0.2) is 18.2 Å². The normalized spacial score (nSPS) is 16.7. The molecule has 1 saturated heterocycles. The number of hydrogen-bond acceptors (Lipinski definition) is 4. The lowest BCUT2D eigenvalue weighted by atomic mass is 10.1. The number of hydrogen-bond donors (Lipinski definition) is 2. The predicted octanol–water partition coefficient (Wildman–Crippen LogP) is 2.26. The van der Waals surface area contributed by atoms with Gasteiger partial charge in [-0.05, 0) is 37.6 Å². The molecule has 0 aromatic heterocycles. The zero-order valence-corrected chi connectivity index (χ0v) is 13.2. The van der Waals surface area contributed by atoms with E-state index in [2.05, 4.69) is 5.32 Å². The van der Waals surface area contributed by atoms with Crippen LogP contribution < -0.4 is 15.8 Å². The average Bonchev–Trinajstić information content (AvgIpc) is 2.43. The number of nitrogens with two attached hydrogens (primary N) is 1. The van der Waals surface area contributed by atoms with Crippen LogP contribution in [0.25, 0.3) is 0 Å². The summed E-state index contributed by atoms with van der Waals surface area (Å²) in [6.07, 6.45) is 2.05. The molecule has 2 rings (SSSR count). The van der Waals surface area contributed by atoms with E-state index in [9.17, 15) is 4.79 Å². The van der Waals surface area contributed by atoms with Crippen LogP contribution in [0.3, 0.4) is 0 Å². The van der Waals surface area contributed by atoms with E-state index in [1.807, 2.05) is 25.1 Å². The van der Waals surface area contributed by atoms with Gasteiger partial charge >= 0.3 is 0 Å². The number of nitrogens with one attached hydrogen (secondary N) is 1. The first-order chi connectivity index (χ1) is 9.56. The summed E-state index contributed by atoms with van der Waals surface area (Å²) in [6.45, 7) is 5.14. The Labute approximate surface area is 131 Å². The molecule has 0 radical (unpaired) electrons. The molecule has 3 N–H and O–H groups in total. The van der Waals surface area contributed by atoms with Crippen molar-refractivity contribution in [2.75, 3.05) is 18.5 Å². The second-order valence-corrected chi connectivity index (χ2v) is 5.19. The Kier molecular flexibility index (Phi) is 6.95. The van der Waals surface area contributed by atoms with E-state index in [-0.39, 0.29) is 24.4 Å². The monoisotopic (exact) mass is 314 g/mol. The molecule has 1 aliphatic heterocycles. The van der Waals surface area contributed by atoms with Gasteiger partial charge in [0.1, 0.15) is 11.9 Å². The van der Waals surface area contributed by atoms with Crippen molar-refractivity contribution < 1.29 is 14.3 Å². The van der Waals surface area contributed by atoms with Gasteiger partial charge in [-0.25, -0.2) is 0 Å². The van der Waals surface area contributed by atoms with E-state index in [4.69, 9.17) is 15.2 Å². The molecule has 0 unspecified atom stereocenters. The third-order valence-corrected chi connectivity index (χ3v) is 3.32. The number of amides is 1. The predicted molar refractivity (Wildman–Crippen MR) is 85.2 cm³/mol. The number of anilines is 1. The molecule has 5 nitrogen and oxygen atoms in total. The van der Waals surface area contributed by atoms with Gasteiger partial charge in [-0.3, -0.25) is 4.79 Å². The number of benzene rings is 1. The summed E-state index contributed by atoms with van der Waals surface area (Å²) in [4.78, 5) is 11.5. The van der Waals surface area contributed by atoms with Crippen molar-refractivity contribution in [1.82, 2.24) is 0 Å². The highest BCUT2D eigenvalue weighted by atomic mass is 35.5. The molecule has 1 heterocycles. The Morgan fingerprint density at radius 2 is 2.10 bits per heavy atom. The van der Waals surface area contributed by atoms with Crippen LogP contribution in [0, 0.1) is 6.92 Å². The van der Waals surface area contributed by atoms with Crippen molar-refractivity contribution in [3.63, 3.8) is 0 Å². The minimum Gasteiger partial charge on any atom is -0.490 e. The molecule has 1 amide bonds. The minimum absolute atomic E-state index is 0. The number of aryl methyl sites for hydroxylation is 1. The Balaban J connectivity index is 0.00000220. The van der Waals surface area contributed by atoms with Crippen LogP contribution in [0.1, 0.15) is 25.3 Å². The molecule has 1 fully saturated rings. The van der Waals surface area contributed by atoms with Gasteiger partial charge in [0, 0.05) is 18.5 Å². The van der Waals surface area contributed by atoms with Crippen molar-refractivity contribution >= 4 is 24.0 Å². The molecular weight excluding hydrogens is 292 g/mol. The molecule has 21 heavy (non-hydrogen) atoms. The van der Waals surface area contributed by atoms with Crippen LogP contribution >= 0.6 is 12.4 Å². The molecule has 0 saturated carbocycles. The van der Waals surface area contributed by atoms with Crippen molar-refractivity contribution in [1.29, 1.82) is 0 Å². The van der Waals surface area contributed by atoms with E-state index >= 15 is 0 Å². The van der Waals surface area contributed by atoms with Gasteiger partial charge in [0.25, 0.3) is 0 Å².